The fourth-order valence-corrected chi connectivity index (χ4v) is 1.25. The molecule has 4 heteroatoms. The van der Waals surface area contributed by atoms with Crippen LogP contribution in [0.15, 0.2) is 0 Å². The molecule has 4 nitrogen and oxygen atoms in total. The first kappa shape index (κ1) is 13.4. The maximum Gasteiger partial charge on any atom is 0.231 e. The quantitative estimate of drug-likeness (QED) is 0.611. The largest absolute Gasteiger partial charge is 0.396 e. The predicted octanol–water partition coefficient (Wildman–Crippen LogP) is 0.345. The molecule has 0 saturated heterocycles. The second-order valence-corrected chi connectivity index (χ2v) is 4.49. The molecule has 0 fully saturated rings. The van der Waals surface area contributed by atoms with Crippen molar-refractivity contribution in [2.75, 3.05) is 19.7 Å². The van der Waals surface area contributed by atoms with E-state index in [2.05, 4.69) is 20.8 Å². The van der Waals surface area contributed by atoms with Gasteiger partial charge in [0.15, 0.2) is 0 Å². The zero-order valence-corrected chi connectivity index (χ0v) is 9.42. The molecule has 0 aliphatic carbocycles. The summed E-state index contributed by atoms with van der Waals surface area (Å²) in [6.45, 7) is 7.44. The van der Waals surface area contributed by atoms with Crippen molar-refractivity contribution in [1.29, 1.82) is 0 Å². The van der Waals surface area contributed by atoms with Crippen LogP contribution in [-0.2, 0) is 4.79 Å². The second kappa shape index (κ2) is 5.98. The standard InChI is InChI=1S/C10H22N2O2/c1-10(2,3)12(8-9(11)14)6-4-5-7-13/h13H,4-8H2,1-3H3,(H2,11,14). The number of nitrogens with zero attached hydrogens (tertiary/aromatic N) is 1. The number of hydrogen-bond acceptors (Lipinski definition) is 3. The third-order valence-corrected chi connectivity index (χ3v) is 2.13. The number of amides is 1. The van der Waals surface area contributed by atoms with Crippen molar-refractivity contribution in [3.05, 3.63) is 0 Å². The molecule has 0 aliphatic heterocycles. The molecule has 0 rings (SSSR count). The van der Waals surface area contributed by atoms with E-state index >= 15 is 0 Å². The minimum atomic E-state index is -0.302. The Balaban J connectivity index is 4.05. The highest BCUT2D eigenvalue weighted by Gasteiger charge is 2.21. The van der Waals surface area contributed by atoms with Gasteiger partial charge in [0.05, 0.1) is 6.54 Å². The molecule has 1 amide bonds. The Hall–Kier alpha value is -0.610. The van der Waals surface area contributed by atoms with E-state index in [0.29, 0.717) is 0 Å². The normalized spacial score (nSPS) is 12.1. The van der Waals surface area contributed by atoms with Gasteiger partial charge in [-0.25, -0.2) is 0 Å². The van der Waals surface area contributed by atoms with E-state index in [0.717, 1.165) is 19.4 Å². The molecule has 0 aromatic heterocycles. The highest BCUT2D eigenvalue weighted by atomic mass is 16.2. The van der Waals surface area contributed by atoms with Gasteiger partial charge in [-0.1, -0.05) is 0 Å². The van der Waals surface area contributed by atoms with E-state index in [-0.39, 0.29) is 24.6 Å². The third-order valence-electron chi connectivity index (χ3n) is 2.13. The summed E-state index contributed by atoms with van der Waals surface area (Å²) in [6.07, 6.45) is 1.66. The van der Waals surface area contributed by atoms with E-state index in [1.807, 2.05) is 4.90 Å². The Kier molecular flexibility index (Phi) is 5.72. The van der Waals surface area contributed by atoms with E-state index in [1.165, 1.54) is 0 Å². The Morgan fingerprint density at radius 2 is 1.93 bits per heavy atom. The van der Waals surface area contributed by atoms with Crippen LogP contribution in [0.2, 0.25) is 0 Å². The fraction of sp³-hybridized carbons (Fsp3) is 0.900. The summed E-state index contributed by atoms with van der Waals surface area (Å²) >= 11 is 0. The van der Waals surface area contributed by atoms with Gasteiger partial charge in [0.1, 0.15) is 0 Å². The maximum atomic E-state index is 10.8. The SMILES string of the molecule is CC(C)(C)N(CCCCO)CC(N)=O. The lowest BCUT2D eigenvalue weighted by Crippen LogP contribution is -2.46. The molecule has 3 N–H and O–H groups in total. The van der Waals surface area contributed by atoms with Crippen molar-refractivity contribution in [3.63, 3.8) is 0 Å². The van der Waals surface area contributed by atoms with E-state index in [1.54, 1.807) is 0 Å². The van der Waals surface area contributed by atoms with Crippen LogP contribution >= 0.6 is 0 Å². The molecule has 0 aliphatic rings. The molecule has 0 radical (unpaired) electrons. The van der Waals surface area contributed by atoms with Crippen molar-refractivity contribution in [1.82, 2.24) is 4.90 Å². The van der Waals surface area contributed by atoms with Crippen LogP contribution in [0, 0.1) is 0 Å². The lowest BCUT2D eigenvalue weighted by atomic mass is 10.1. The van der Waals surface area contributed by atoms with Crippen molar-refractivity contribution < 1.29 is 9.90 Å². The summed E-state index contributed by atoms with van der Waals surface area (Å²) < 4.78 is 0. The smallest absolute Gasteiger partial charge is 0.231 e. The van der Waals surface area contributed by atoms with Gasteiger partial charge >= 0.3 is 0 Å². The van der Waals surface area contributed by atoms with Crippen LogP contribution in [0.5, 0.6) is 0 Å². The molecule has 0 spiro atoms. The first-order valence-electron chi connectivity index (χ1n) is 5.02. The monoisotopic (exact) mass is 202 g/mol. The van der Waals surface area contributed by atoms with E-state index in [9.17, 15) is 4.79 Å². The average molecular weight is 202 g/mol. The Morgan fingerprint density at radius 3 is 2.29 bits per heavy atom. The van der Waals surface area contributed by atoms with Crippen LogP contribution < -0.4 is 5.73 Å². The number of nitrogens with two attached hydrogens (primary N) is 1. The van der Waals surface area contributed by atoms with E-state index < -0.39 is 0 Å². The zero-order chi connectivity index (χ0) is 11.2. The first-order valence-corrected chi connectivity index (χ1v) is 5.02. The summed E-state index contributed by atoms with van der Waals surface area (Å²) in [6, 6.07) is 0. The van der Waals surface area contributed by atoms with Gasteiger partial charge in [-0.2, -0.15) is 0 Å². The van der Waals surface area contributed by atoms with Gasteiger partial charge in [-0.3, -0.25) is 9.69 Å². The molecule has 14 heavy (non-hydrogen) atoms. The summed E-state index contributed by atoms with van der Waals surface area (Å²) in [4.78, 5) is 12.9. The van der Waals surface area contributed by atoms with Crippen LogP contribution in [0.3, 0.4) is 0 Å². The number of carbonyl (C=O) groups excluding carboxylic acids is 1. The summed E-state index contributed by atoms with van der Waals surface area (Å²) in [5, 5.41) is 8.65. The van der Waals surface area contributed by atoms with Crippen LogP contribution in [0.1, 0.15) is 33.6 Å². The van der Waals surface area contributed by atoms with Gasteiger partial charge < -0.3 is 10.8 Å². The van der Waals surface area contributed by atoms with Gasteiger partial charge in [0, 0.05) is 12.1 Å². The fourth-order valence-electron chi connectivity index (χ4n) is 1.25. The molecular formula is C10H22N2O2. The lowest BCUT2D eigenvalue weighted by Gasteiger charge is -2.34. The number of primary amides is 1. The molecular weight excluding hydrogens is 180 g/mol. The second-order valence-electron chi connectivity index (χ2n) is 4.49. The van der Waals surface area contributed by atoms with Crippen LogP contribution in [0.4, 0.5) is 0 Å². The minimum absolute atomic E-state index is 0.0511. The van der Waals surface area contributed by atoms with Crippen LogP contribution in [0.25, 0.3) is 0 Å². The Labute approximate surface area is 86.1 Å². The van der Waals surface area contributed by atoms with Crippen molar-refractivity contribution in [2.24, 2.45) is 5.73 Å². The molecule has 0 aromatic rings. The summed E-state index contributed by atoms with van der Waals surface area (Å²) in [5.74, 6) is -0.302. The number of rotatable bonds is 6. The van der Waals surface area contributed by atoms with Gasteiger partial charge in [-0.05, 0) is 40.2 Å². The topological polar surface area (TPSA) is 66.6 Å². The number of aliphatic hydroxyl groups excluding tert-OH is 1. The average Bonchev–Trinajstić information content (AvgIpc) is 2.00. The molecule has 0 unspecified atom stereocenters. The van der Waals surface area contributed by atoms with Gasteiger partial charge in [0.2, 0.25) is 5.91 Å². The maximum absolute atomic E-state index is 10.8. The van der Waals surface area contributed by atoms with Gasteiger partial charge in [0.25, 0.3) is 0 Å². The lowest BCUT2D eigenvalue weighted by molar-refractivity contribution is -0.120. The minimum Gasteiger partial charge on any atom is -0.396 e. The molecule has 0 aromatic carbocycles. The molecule has 0 heterocycles. The third kappa shape index (κ3) is 5.94. The Bertz CT molecular complexity index is 175. The predicted molar refractivity (Wildman–Crippen MR) is 56.8 cm³/mol. The van der Waals surface area contributed by atoms with Gasteiger partial charge in [-0.15, -0.1) is 0 Å². The van der Waals surface area contributed by atoms with Crippen molar-refractivity contribution in [2.45, 2.75) is 39.2 Å². The molecule has 0 atom stereocenters. The molecule has 84 valence electrons. The summed E-state index contributed by atoms with van der Waals surface area (Å²) in [5.41, 5.74) is 5.11. The van der Waals surface area contributed by atoms with E-state index in [4.69, 9.17) is 10.8 Å². The number of aliphatic hydroxyl groups is 1. The highest BCUT2D eigenvalue weighted by Crippen LogP contribution is 2.13. The zero-order valence-electron chi connectivity index (χ0n) is 9.42. The number of carbonyl (C=O) groups is 1. The summed E-state index contributed by atoms with van der Waals surface area (Å²) in [7, 11) is 0. The number of unbranched alkanes of at least 4 members (excludes halogenated alkanes) is 1. The highest BCUT2D eigenvalue weighted by molar-refractivity contribution is 5.76. The number of hydrogen-bond donors (Lipinski definition) is 2. The van der Waals surface area contributed by atoms with Crippen molar-refractivity contribution in [3.8, 4) is 0 Å². The molecule has 0 saturated carbocycles. The Morgan fingerprint density at radius 1 is 1.36 bits per heavy atom. The van der Waals surface area contributed by atoms with Crippen LogP contribution in [-0.4, -0.2) is 41.1 Å². The molecule has 0 bridgehead atoms. The first-order chi connectivity index (χ1) is 6.38. The van der Waals surface area contributed by atoms with Crippen molar-refractivity contribution >= 4 is 5.91 Å².